The van der Waals surface area contributed by atoms with Gasteiger partial charge < -0.3 is 18.6 Å². The predicted octanol–water partition coefficient (Wildman–Crippen LogP) is 20.2. The first-order valence-electron chi connectivity index (χ1n) is 27.4. The summed E-state index contributed by atoms with van der Waals surface area (Å²) in [5.74, 6) is 1.26. The summed E-state index contributed by atoms with van der Waals surface area (Å²) in [5, 5.41) is 0. The molecule has 0 atom stereocenters. The molecule has 2 aliphatic rings. The van der Waals surface area contributed by atoms with Crippen LogP contribution in [0.1, 0.15) is 49.9 Å². The van der Waals surface area contributed by atoms with Crippen LogP contribution in [0.5, 0.6) is 0 Å². The number of rotatable bonds is 8. The quantitative estimate of drug-likeness (QED) is 0.151. The third-order valence-electron chi connectivity index (χ3n) is 16.8. The molecule has 0 spiro atoms. The molecule has 382 valence electrons. The summed E-state index contributed by atoms with van der Waals surface area (Å²) < 4.78 is 12.2. The molecule has 4 heterocycles. The summed E-state index contributed by atoms with van der Waals surface area (Å²) in [6.07, 6.45) is 0. The Bertz CT molecular complexity index is 4150. The second-order valence-electron chi connectivity index (χ2n) is 22.2. The molecule has 0 fully saturated rings. The molecule has 13 aromatic rings. The van der Waals surface area contributed by atoms with Crippen molar-refractivity contribution in [1.29, 1.82) is 0 Å². The summed E-state index contributed by atoms with van der Waals surface area (Å²) in [6, 6.07) is 91.5. The lowest BCUT2D eigenvalue weighted by molar-refractivity contribution is 0.619. The second kappa shape index (κ2) is 18.3. The van der Waals surface area contributed by atoms with E-state index in [0.29, 0.717) is 11.8 Å². The lowest BCUT2D eigenvalue weighted by Crippen LogP contribution is -2.30. The molecule has 0 radical (unpaired) electrons. The van der Waals surface area contributed by atoms with E-state index in [-0.39, 0.29) is 10.8 Å². The van der Waals surface area contributed by atoms with Crippen molar-refractivity contribution in [2.75, 3.05) is 9.80 Å². The number of aromatic nitrogens is 2. The first-order valence-corrected chi connectivity index (χ1v) is 27.4. The molecule has 0 amide bonds. The van der Waals surface area contributed by atoms with Crippen LogP contribution in [-0.2, 0) is 10.8 Å². The Kier molecular flexibility index (Phi) is 10.8. The molecule has 6 heteroatoms. The van der Waals surface area contributed by atoms with Crippen LogP contribution in [0.2, 0.25) is 0 Å². The smallest absolute Gasteiger partial charge is 0.227 e. The molecule has 0 N–H and O–H groups in total. The third-order valence-corrected chi connectivity index (χ3v) is 16.8. The highest BCUT2D eigenvalue weighted by Crippen LogP contribution is 2.55. The normalized spacial score (nSPS) is 13.9. The van der Waals surface area contributed by atoms with Crippen molar-refractivity contribution in [3.63, 3.8) is 0 Å². The van der Waals surface area contributed by atoms with E-state index in [0.717, 1.165) is 55.8 Å². The van der Waals surface area contributed by atoms with Crippen molar-refractivity contribution >= 4 is 56.3 Å². The third kappa shape index (κ3) is 7.78. The lowest BCUT2D eigenvalue weighted by Gasteiger charge is -2.42. The van der Waals surface area contributed by atoms with Crippen LogP contribution in [0.4, 0.5) is 34.1 Å². The van der Waals surface area contributed by atoms with Gasteiger partial charge >= 0.3 is 0 Å². The fraction of sp³-hybridized carbons (Fsp3) is 0.0811. The maximum absolute atomic E-state index is 6.08. The summed E-state index contributed by atoms with van der Waals surface area (Å²) in [5.41, 5.74) is 26.3. The van der Waals surface area contributed by atoms with Crippen molar-refractivity contribution in [1.82, 2.24) is 9.97 Å². The van der Waals surface area contributed by atoms with Gasteiger partial charge in [0.25, 0.3) is 0 Å². The van der Waals surface area contributed by atoms with Gasteiger partial charge in [0, 0.05) is 33.3 Å². The topological polar surface area (TPSA) is 58.5 Å². The average Bonchev–Trinajstić information content (AvgIpc) is 4.23. The maximum Gasteiger partial charge on any atom is 0.227 e. The molecule has 11 aromatic carbocycles. The fourth-order valence-corrected chi connectivity index (χ4v) is 12.4. The van der Waals surface area contributed by atoms with Crippen LogP contribution >= 0.6 is 0 Å². The predicted molar refractivity (Wildman–Crippen MR) is 328 cm³/mol. The van der Waals surface area contributed by atoms with Crippen molar-refractivity contribution in [2.45, 2.75) is 38.5 Å². The van der Waals surface area contributed by atoms with Crippen molar-refractivity contribution in [2.24, 2.45) is 0 Å². The Hall–Kier alpha value is -10.0. The lowest BCUT2D eigenvalue weighted by atomic mass is 9.73. The standard InChI is InChI=1S/C74H54N4O2/c1-73(2)59-13-5-9-17-65(59)77(67-43-37-55(45-61(67)73)51-25-29-53(30-26-51)71-75-63-15-7-11-19-69(63)79-71)57-39-33-49(34-40-57)47-21-23-48(24-22-47)50-35-41-58(42-36-50)78-66-18-10-6-14-60(66)74(3,4)62-46-56(38-44-68(62)78)52-27-31-54(32-28-52)72-76-64-16-8-12-20-70(64)80-72/h5-46H,1-4H3. The largest absolute Gasteiger partial charge is 0.436 e. The second-order valence-corrected chi connectivity index (χ2v) is 22.2. The zero-order chi connectivity index (χ0) is 53.7. The van der Waals surface area contributed by atoms with E-state index in [1.807, 2.05) is 48.5 Å². The summed E-state index contributed by atoms with van der Waals surface area (Å²) in [4.78, 5) is 14.3. The number of benzene rings is 11. The van der Waals surface area contributed by atoms with Crippen LogP contribution in [-0.4, -0.2) is 9.97 Å². The average molecular weight is 1030 g/mol. The number of fused-ring (bicyclic) bond motifs is 6. The Labute approximate surface area is 465 Å². The van der Waals surface area contributed by atoms with E-state index in [2.05, 4.69) is 244 Å². The minimum atomic E-state index is -0.225. The van der Waals surface area contributed by atoms with Crippen molar-refractivity contribution in [3.05, 3.63) is 277 Å². The molecule has 0 saturated heterocycles. The van der Waals surface area contributed by atoms with Gasteiger partial charge in [-0.05, 0) is 176 Å². The van der Waals surface area contributed by atoms with Gasteiger partial charge in [0.05, 0.1) is 22.7 Å². The van der Waals surface area contributed by atoms with Gasteiger partial charge in [0.2, 0.25) is 11.8 Å². The minimum Gasteiger partial charge on any atom is -0.436 e. The van der Waals surface area contributed by atoms with Crippen LogP contribution in [0.15, 0.2) is 264 Å². The first-order chi connectivity index (χ1) is 39.1. The molecule has 6 nitrogen and oxygen atoms in total. The molecule has 80 heavy (non-hydrogen) atoms. The number of anilines is 6. The zero-order valence-electron chi connectivity index (χ0n) is 44.9. The summed E-state index contributed by atoms with van der Waals surface area (Å²) >= 11 is 0. The fourth-order valence-electron chi connectivity index (χ4n) is 12.4. The Morgan fingerprint density at radius 1 is 0.275 bits per heavy atom. The van der Waals surface area contributed by atoms with Gasteiger partial charge in [-0.3, -0.25) is 0 Å². The van der Waals surface area contributed by atoms with Crippen LogP contribution < -0.4 is 9.80 Å². The molecular weight excluding hydrogens is 977 g/mol. The Morgan fingerprint density at radius 3 is 0.938 bits per heavy atom. The molecule has 2 aliphatic heterocycles. The van der Waals surface area contributed by atoms with Crippen molar-refractivity contribution < 1.29 is 8.83 Å². The Balaban J connectivity index is 0.684. The van der Waals surface area contributed by atoms with Gasteiger partial charge in [0.1, 0.15) is 11.0 Å². The Morgan fingerprint density at radius 2 is 0.562 bits per heavy atom. The van der Waals surface area contributed by atoms with Gasteiger partial charge in [-0.1, -0.05) is 173 Å². The van der Waals surface area contributed by atoms with Gasteiger partial charge in [-0.25, -0.2) is 9.97 Å². The number of hydrogen-bond donors (Lipinski definition) is 0. The minimum absolute atomic E-state index is 0.225. The SMILES string of the molecule is CC1(C)c2ccccc2N(c2ccc(-c3ccc(-c4ccc(N5c6ccccc6C(C)(C)c6cc(-c7ccc(-c8nc9ccccc9o8)cc7)ccc65)cc4)cc3)cc2)c2ccc(-c3ccc(-c4nc5ccccc5o4)cc3)cc21. The van der Waals surface area contributed by atoms with Crippen molar-refractivity contribution in [3.8, 4) is 67.4 Å². The maximum atomic E-state index is 6.08. The molecule has 0 unspecified atom stereocenters. The number of nitrogens with zero attached hydrogens (tertiary/aromatic N) is 4. The monoisotopic (exact) mass is 1030 g/mol. The molecule has 0 saturated carbocycles. The van der Waals surface area contributed by atoms with E-state index in [9.17, 15) is 0 Å². The molecular formula is C74H54N4O2. The molecule has 15 rings (SSSR count). The first kappa shape index (κ1) is 47.2. The highest BCUT2D eigenvalue weighted by atomic mass is 16.4. The van der Waals surface area contributed by atoms with E-state index >= 15 is 0 Å². The summed E-state index contributed by atoms with van der Waals surface area (Å²) in [7, 11) is 0. The van der Waals surface area contributed by atoms with Crippen LogP contribution in [0.3, 0.4) is 0 Å². The zero-order valence-corrected chi connectivity index (χ0v) is 44.9. The number of para-hydroxylation sites is 6. The van der Waals surface area contributed by atoms with Crippen LogP contribution in [0.25, 0.3) is 89.6 Å². The van der Waals surface area contributed by atoms with E-state index in [1.165, 1.54) is 78.4 Å². The van der Waals surface area contributed by atoms with Gasteiger partial charge in [-0.2, -0.15) is 0 Å². The molecule has 2 aromatic heterocycles. The van der Waals surface area contributed by atoms with E-state index < -0.39 is 0 Å². The molecule has 0 aliphatic carbocycles. The highest BCUT2D eigenvalue weighted by molar-refractivity contribution is 5.91. The van der Waals surface area contributed by atoms with E-state index in [4.69, 9.17) is 18.8 Å². The van der Waals surface area contributed by atoms with Gasteiger partial charge in [-0.15, -0.1) is 0 Å². The van der Waals surface area contributed by atoms with E-state index in [1.54, 1.807) is 0 Å². The number of oxazole rings is 2. The number of hydrogen-bond acceptors (Lipinski definition) is 6. The summed E-state index contributed by atoms with van der Waals surface area (Å²) in [6.45, 7) is 9.38. The van der Waals surface area contributed by atoms with Crippen LogP contribution in [0, 0.1) is 0 Å². The highest BCUT2D eigenvalue weighted by Gasteiger charge is 2.38. The van der Waals surface area contributed by atoms with Gasteiger partial charge in [0.15, 0.2) is 11.2 Å². The molecule has 0 bridgehead atoms.